The quantitative estimate of drug-likeness (QED) is 0.160. The fourth-order valence-corrected chi connectivity index (χ4v) is 4.78. The van der Waals surface area contributed by atoms with Crippen LogP contribution in [-0.2, 0) is 11.2 Å². The minimum absolute atomic E-state index is 0.197. The molecule has 0 aliphatic rings. The summed E-state index contributed by atoms with van der Waals surface area (Å²) in [6.07, 6.45) is 23.9. The van der Waals surface area contributed by atoms with E-state index in [1.165, 1.54) is 101 Å². The number of aromatic nitrogens is 1. The number of carbonyl (C=O) groups is 1. The van der Waals surface area contributed by atoms with E-state index in [1.807, 2.05) is 0 Å². The van der Waals surface area contributed by atoms with Crippen molar-refractivity contribution in [3.8, 4) is 0 Å². The number of nitrogens with one attached hydrogen (secondary N) is 3. The van der Waals surface area contributed by atoms with Crippen LogP contribution in [-0.4, -0.2) is 24.0 Å². The van der Waals surface area contributed by atoms with E-state index in [2.05, 4.69) is 53.9 Å². The highest BCUT2D eigenvalue weighted by Gasteiger charge is 2.06. The molecule has 4 heteroatoms. The van der Waals surface area contributed by atoms with Gasteiger partial charge in [-0.05, 0) is 43.5 Å². The fourth-order valence-electron chi connectivity index (χ4n) is 4.78. The van der Waals surface area contributed by atoms with Crippen LogP contribution in [0.2, 0.25) is 0 Å². The zero-order chi connectivity index (χ0) is 24.3. The van der Waals surface area contributed by atoms with Crippen LogP contribution in [0, 0.1) is 0 Å². The van der Waals surface area contributed by atoms with Crippen molar-refractivity contribution < 1.29 is 4.79 Å². The number of unbranched alkanes of at least 4 members (excludes halogenated alkanes) is 14. The molecule has 0 fully saturated rings. The molecule has 1 heterocycles. The zero-order valence-electron chi connectivity index (χ0n) is 22.2. The van der Waals surface area contributed by atoms with Crippen molar-refractivity contribution in [2.75, 3.05) is 18.4 Å². The van der Waals surface area contributed by atoms with Crippen LogP contribution in [0.15, 0.2) is 24.4 Å². The lowest BCUT2D eigenvalue weighted by atomic mass is 10.0. The number of hydrogen-bond donors (Lipinski definition) is 3. The molecule has 3 N–H and O–H groups in total. The van der Waals surface area contributed by atoms with Crippen molar-refractivity contribution in [2.24, 2.45) is 0 Å². The molecule has 0 saturated heterocycles. The molecule has 0 radical (unpaired) electrons. The summed E-state index contributed by atoms with van der Waals surface area (Å²) in [4.78, 5) is 15.5. The largest absolute Gasteiger partial charge is 0.385 e. The third kappa shape index (κ3) is 11.9. The summed E-state index contributed by atoms with van der Waals surface area (Å²) in [7, 11) is 0. The third-order valence-electron chi connectivity index (χ3n) is 6.87. The smallest absolute Gasteiger partial charge is 0.220 e. The standard InChI is InChI=1S/C30H51N3O/c1-3-5-6-7-8-9-10-11-12-13-14-15-16-17-18-19-30(34)32-23-22-26-25-33-29-21-20-27(31-4-2)24-28(26)29/h20-21,24-25,31,33H,3-19,22-23H2,1-2H3,(H,32,34). The number of hydrogen-bond acceptors (Lipinski definition) is 2. The SMILES string of the molecule is CCCCCCCCCCCCCCCCCC(=O)NCCc1c[nH]c2ccc(NCC)cc12. The Kier molecular flexibility index (Phi) is 15.3. The number of fused-ring (bicyclic) bond motifs is 1. The first kappa shape index (κ1) is 28.3. The molecule has 1 aromatic heterocycles. The highest BCUT2D eigenvalue weighted by atomic mass is 16.1. The van der Waals surface area contributed by atoms with Gasteiger partial charge >= 0.3 is 0 Å². The van der Waals surface area contributed by atoms with Crippen LogP contribution in [0.4, 0.5) is 5.69 Å². The van der Waals surface area contributed by atoms with Gasteiger partial charge in [-0.15, -0.1) is 0 Å². The maximum absolute atomic E-state index is 12.2. The van der Waals surface area contributed by atoms with Gasteiger partial charge in [-0.3, -0.25) is 4.79 Å². The normalized spacial score (nSPS) is 11.2. The molecule has 0 unspecified atom stereocenters. The molecule has 0 aliphatic carbocycles. The molecule has 0 aliphatic heterocycles. The Balaban J connectivity index is 1.41. The van der Waals surface area contributed by atoms with E-state index in [0.29, 0.717) is 13.0 Å². The van der Waals surface area contributed by atoms with Gasteiger partial charge < -0.3 is 15.6 Å². The van der Waals surface area contributed by atoms with Gasteiger partial charge in [0.25, 0.3) is 0 Å². The summed E-state index contributed by atoms with van der Waals surface area (Å²) in [6, 6.07) is 6.42. The van der Waals surface area contributed by atoms with Gasteiger partial charge in [0.05, 0.1) is 0 Å². The Morgan fingerprint density at radius 2 is 1.38 bits per heavy atom. The number of aromatic amines is 1. The number of amides is 1. The minimum Gasteiger partial charge on any atom is -0.385 e. The molecule has 2 rings (SSSR count). The van der Waals surface area contributed by atoms with Gasteiger partial charge in [-0.25, -0.2) is 0 Å². The van der Waals surface area contributed by atoms with Gasteiger partial charge in [-0.1, -0.05) is 96.8 Å². The number of anilines is 1. The van der Waals surface area contributed by atoms with E-state index >= 15 is 0 Å². The van der Waals surface area contributed by atoms with E-state index in [0.717, 1.165) is 30.6 Å². The Labute approximate surface area is 209 Å². The van der Waals surface area contributed by atoms with E-state index in [4.69, 9.17) is 0 Å². The first-order chi connectivity index (χ1) is 16.7. The fraction of sp³-hybridized carbons (Fsp3) is 0.700. The second kappa shape index (κ2) is 18.4. The van der Waals surface area contributed by atoms with Crippen LogP contribution in [0.25, 0.3) is 10.9 Å². The average Bonchev–Trinajstić information content (AvgIpc) is 3.24. The molecule has 0 spiro atoms. The predicted octanol–water partition coefficient (Wildman–Crippen LogP) is 8.52. The first-order valence-corrected chi connectivity index (χ1v) is 14.3. The zero-order valence-corrected chi connectivity index (χ0v) is 22.2. The van der Waals surface area contributed by atoms with Gasteiger partial charge in [0.2, 0.25) is 5.91 Å². The van der Waals surface area contributed by atoms with Crippen LogP contribution in [0.1, 0.15) is 122 Å². The molecule has 34 heavy (non-hydrogen) atoms. The van der Waals surface area contributed by atoms with Crippen molar-refractivity contribution in [1.82, 2.24) is 10.3 Å². The minimum atomic E-state index is 0.197. The summed E-state index contributed by atoms with van der Waals surface area (Å²) < 4.78 is 0. The van der Waals surface area contributed by atoms with Crippen LogP contribution in [0.3, 0.4) is 0 Å². The van der Waals surface area contributed by atoms with Crippen molar-refractivity contribution in [3.05, 3.63) is 30.0 Å². The van der Waals surface area contributed by atoms with Gasteiger partial charge in [-0.2, -0.15) is 0 Å². The lowest BCUT2D eigenvalue weighted by molar-refractivity contribution is -0.121. The maximum Gasteiger partial charge on any atom is 0.220 e. The third-order valence-corrected chi connectivity index (χ3v) is 6.87. The number of benzene rings is 1. The summed E-state index contributed by atoms with van der Waals surface area (Å²) in [5.74, 6) is 0.197. The number of H-pyrrole nitrogens is 1. The number of carbonyl (C=O) groups excluding carboxylic acids is 1. The topological polar surface area (TPSA) is 56.9 Å². The van der Waals surface area contributed by atoms with Crippen molar-refractivity contribution in [3.63, 3.8) is 0 Å². The van der Waals surface area contributed by atoms with Crippen LogP contribution >= 0.6 is 0 Å². The van der Waals surface area contributed by atoms with E-state index in [-0.39, 0.29) is 5.91 Å². The Morgan fingerprint density at radius 1 is 0.794 bits per heavy atom. The van der Waals surface area contributed by atoms with Crippen molar-refractivity contribution in [1.29, 1.82) is 0 Å². The predicted molar refractivity (Wildman–Crippen MR) is 149 cm³/mol. The molecular weight excluding hydrogens is 418 g/mol. The Morgan fingerprint density at radius 3 is 1.97 bits per heavy atom. The number of rotatable bonds is 21. The maximum atomic E-state index is 12.2. The van der Waals surface area contributed by atoms with Crippen LogP contribution in [0.5, 0.6) is 0 Å². The molecule has 2 aromatic rings. The van der Waals surface area contributed by atoms with E-state index in [9.17, 15) is 4.79 Å². The summed E-state index contributed by atoms with van der Waals surface area (Å²) in [5.41, 5.74) is 3.57. The lowest BCUT2D eigenvalue weighted by Crippen LogP contribution is -2.25. The summed E-state index contributed by atoms with van der Waals surface area (Å²) in [6.45, 7) is 6.01. The second-order valence-corrected chi connectivity index (χ2v) is 9.90. The molecule has 0 bridgehead atoms. The van der Waals surface area contributed by atoms with Crippen molar-refractivity contribution in [2.45, 2.75) is 123 Å². The molecule has 0 atom stereocenters. The Hall–Kier alpha value is -1.97. The first-order valence-electron chi connectivity index (χ1n) is 14.3. The highest BCUT2D eigenvalue weighted by Crippen LogP contribution is 2.22. The second-order valence-electron chi connectivity index (χ2n) is 9.90. The molecule has 1 aromatic carbocycles. The molecular formula is C30H51N3O. The lowest BCUT2D eigenvalue weighted by Gasteiger charge is -2.06. The molecule has 0 saturated carbocycles. The van der Waals surface area contributed by atoms with Crippen LogP contribution < -0.4 is 10.6 Å². The average molecular weight is 470 g/mol. The summed E-state index contributed by atoms with van der Waals surface area (Å²) >= 11 is 0. The summed E-state index contributed by atoms with van der Waals surface area (Å²) in [5, 5.41) is 7.72. The van der Waals surface area contributed by atoms with E-state index in [1.54, 1.807) is 0 Å². The highest BCUT2D eigenvalue weighted by molar-refractivity contribution is 5.86. The van der Waals surface area contributed by atoms with Crippen molar-refractivity contribution >= 4 is 22.5 Å². The van der Waals surface area contributed by atoms with Gasteiger partial charge in [0.15, 0.2) is 0 Å². The Bertz CT molecular complexity index is 782. The van der Waals surface area contributed by atoms with Gasteiger partial charge in [0.1, 0.15) is 0 Å². The molecule has 4 nitrogen and oxygen atoms in total. The molecule has 1 amide bonds. The molecule has 192 valence electrons. The monoisotopic (exact) mass is 469 g/mol. The van der Waals surface area contributed by atoms with E-state index < -0.39 is 0 Å². The van der Waals surface area contributed by atoms with Gasteiger partial charge in [0, 0.05) is 42.3 Å².